The molecule has 4 nitrogen and oxygen atoms in total. The van der Waals surface area contributed by atoms with Gasteiger partial charge >= 0.3 is 0 Å². The molecule has 0 saturated carbocycles. The molecular weight excluding hydrogens is 204 g/mol. The third kappa shape index (κ3) is 4.34. The summed E-state index contributed by atoms with van der Waals surface area (Å²) in [4.78, 5) is 6.39. The second-order valence-electron chi connectivity index (χ2n) is 2.94. The van der Waals surface area contributed by atoms with Crippen LogP contribution in [-0.4, -0.2) is 26.3 Å². The van der Waals surface area contributed by atoms with Crippen LogP contribution in [0.3, 0.4) is 0 Å². The first-order valence-electron chi connectivity index (χ1n) is 4.89. The molecule has 0 unspecified atom stereocenters. The number of hydrogen-bond donors (Lipinski definition) is 0. The molecule has 0 bridgehead atoms. The van der Waals surface area contributed by atoms with Crippen molar-refractivity contribution in [2.75, 3.05) is 26.3 Å². The molecule has 0 heterocycles. The molecule has 1 aromatic rings. The van der Waals surface area contributed by atoms with Crippen molar-refractivity contribution in [3.63, 3.8) is 0 Å². The van der Waals surface area contributed by atoms with E-state index in [4.69, 9.17) is 22.6 Å². The summed E-state index contributed by atoms with van der Waals surface area (Å²) in [5.41, 5.74) is 0. The fourth-order valence-corrected chi connectivity index (χ4v) is 1.07. The highest BCUT2D eigenvalue weighted by Gasteiger charge is 1.99. The molecule has 0 aromatic heterocycles. The third-order valence-corrected chi connectivity index (χ3v) is 1.75. The van der Waals surface area contributed by atoms with Gasteiger partial charge < -0.3 is 19.2 Å². The summed E-state index contributed by atoms with van der Waals surface area (Å²) < 4.78 is 10.7. The fourth-order valence-electron chi connectivity index (χ4n) is 1.07. The minimum atomic E-state index is 0.350. The summed E-state index contributed by atoms with van der Waals surface area (Å²) >= 11 is 0. The smallest absolute Gasteiger partial charge is 0.248 e. The number of nitrogens with zero attached hydrogens (tertiary/aromatic N) is 2. The number of hydrogen-bond acceptors (Lipinski definition) is 2. The molecule has 0 fully saturated rings. The van der Waals surface area contributed by atoms with Crippen molar-refractivity contribution in [3.05, 3.63) is 47.1 Å². The van der Waals surface area contributed by atoms with Crippen LogP contribution in [0.4, 0.5) is 0 Å². The van der Waals surface area contributed by atoms with Crippen LogP contribution in [0, 0.1) is 13.1 Å². The fraction of sp³-hybridized carbons (Fsp3) is 0.333. The second-order valence-corrected chi connectivity index (χ2v) is 2.94. The maximum absolute atomic E-state index is 6.62. The zero-order valence-corrected chi connectivity index (χ0v) is 8.85. The molecule has 0 aliphatic rings. The first-order chi connectivity index (χ1) is 7.86. The monoisotopic (exact) mass is 216 g/mol. The van der Waals surface area contributed by atoms with Gasteiger partial charge in [0.1, 0.15) is 11.5 Å². The average molecular weight is 216 g/mol. The van der Waals surface area contributed by atoms with Crippen molar-refractivity contribution in [1.29, 1.82) is 0 Å². The minimum Gasteiger partial charge on any atom is -0.486 e. The highest BCUT2D eigenvalue weighted by molar-refractivity contribution is 5.32. The molecule has 0 spiro atoms. The summed E-state index contributed by atoms with van der Waals surface area (Å²) in [5.74, 6) is 1.37. The number of rotatable bonds is 6. The zero-order chi connectivity index (χ0) is 11.6. The van der Waals surface area contributed by atoms with Gasteiger partial charge in [-0.25, -0.2) is 13.1 Å². The molecule has 0 saturated heterocycles. The maximum atomic E-state index is 6.62. The van der Waals surface area contributed by atoms with Gasteiger partial charge in [0, 0.05) is 6.07 Å². The van der Waals surface area contributed by atoms with E-state index in [1.54, 1.807) is 6.07 Å². The summed E-state index contributed by atoms with van der Waals surface area (Å²) in [6.45, 7) is 14.7. The largest absolute Gasteiger partial charge is 0.486 e. The van der Waals surface area contributed by atoms with Crippen molar-refractivity contribution in [3.8, 4) is 11.5 Å². The van der Waals surface area contributed by atoms with E-state index in [1.165, 1.54) is 0 Å². The van der Waals surface area contributed by atoms with Gasteiger partial charge in [0.2, 0.25) is 13.1 Å². The summed E-state index contributed by atoms with van der Waals surface area (Å²) in [6.07, 6.45) is 0. The normalized spacial score (nSPS) is 8.88. The maximum Gasteiger partial charge on any atom is 0.248 e. The summed E-state index contributed by atoms with van der Waals surface area (Å²) in [6, 6.07) is 7.20. The topological polar surface area (TPSA) is 27.2 Å². The van der Waals surface area contributed by atoms with Crippen LogP contribution in [0.25, 0.3) is 9.69 Å². The molecule has 0 aliphatic carbocycles. The molecule has 82 valence electrons. The Morgan fingerprint density at radius 1 is 0.938 bits per heavy atom. The van der Waals surface area contributed by atoms with Gasteiger partial charge in [-0.2, -0.15) is 0 Å². The van der Waals surface area contributed by atoms with Crippen molar-refractivity contribution < 1.29 is 9.47 Å². The van der Waals surface area contributed by atoms with Crippen molar-refractivity contribution in [1.82, 2.24) is 0 Å². The molecule has 0 atom stereocenters. The predicted molar refractivity (Wildman–Crippen MR) is 60.4 cm³/mol. The number of ether oxygens (including phenoxy) is 2. The van der Waals surface area contributed by atoms with Crippen LogP contribution in [0.2, 0.25) is 0 Å². The van der Waals surface area contributed by atoms with Crippen LogP contribution in [0.5, 0.6) is 11.5 Å². The third-order valence-electron chi connectivity index (χ3n) is 1.75. The Kier molecular flexibility index (Phi) is 5.30. The van der Waals surface area contributed by atoms with Crippen molar-refractivity contribution >= 4 is 0 Å². The molecule has 1 rings (SSSR count). The Bertz CT molecular complexity index is 369. The average Bonchev–Trinajstić information content (AvgIpc) is 2.30. The van der Waals surface area contributed by atoms with E-state index < -0.39 is 0 Å². The zero-order valence-electron chi connectivity index (χ0n) is 8.85. The molecule has 0 amide bonds. The summed E-state index contributed by atoms with van der Waals surface area (Å²) in [7, 11) is 0. The Morgan fingerprint density at radius 2 is 1.44 bits per heavy atom. The Balaban J connectivity index is 2.45. The number of benzene rings is 1. The van der Waals surface area contributed by atoms with E-state index in [9.17, 15) is 0 Å². The molecule has 0 N–H and O–H groups in total. The molecule has 0 radical (unpaired) electrons. The Labute approximate surface area is 95.1 Å². The van der Waals surface area contributed by atoms with Crippen LogP contribution in [-0.2, 0) is 0 Å². The van der Waals surface area contributed by atoms with Crippen molar-refractivity contribution in [2.45, 2.75) is 0 Å². The first-order valence-corrected chi connectivity index (χ1v) is 4.89. The van der Waals surface area contributed by atoms with E-state index in [0.717, 1.165) is 0 Å². The molecule has 16 heavy (non-hydrogen) atoms. The van der Waals surface area contributed by atoms with Gasteiger partial charge in [-0.1, -0.05) is 6.07 Å². The van der Waals surface area contributed by atoms with E-state index in [0.29, 0.717) is 37.8 Å². The van der Waals surface area contributed by atoms with Gasteiger partial charge in [0.15, 0.2) is 13.2 Å². The van der Waals surface area contributed by atoms with E-state index >= 15 is 0 Å². The molecule has 0 aliphatic heterocycles. The summed E-state index contributed by atoms with van der Waals surface area (Å²) in [5, 5.41) is 0. The molecular formula is C12H12N2O2. The van der Waals surface area contributed by atoms with Crippen molar-refractivity contribution in [2.24, 2.45) is 0 Å². The SMILES string of the molecule is [C-]#[N+]CCOc1cccc(OCC[N+]#[C-])c1. The lowest BCUT2D eigenvalue weighted by Crippen LogP contribution is -2.01. The standard InChI is InChI=1S/C12H12N2O2/c1-13-6-8-15-11-4-3-5-12(10-11)16-9-7-14-2/h3-5,10H,6-9H2. The van der Waals surface area contributed by atoms with Gasteiger partial charge in [-0.3, -0.25) is 0 Å². The molecule has 4 heteroatoms. The quantitative estimate of drug-likeness (QED) is 0.539. The Morgan fingerprint density at radius 3 is 1.88 bits per heavy atom. The Hall–Kier alpha value is -2.20. The highest BCUT2D eigenvalue weighted by Crippen LogP contribution is 2.19. The van der Waals surface area contributed by atoms with Gasteiger partial charge in [0.05, 0.1) is 0 Å². The lowest BCUT2D eigenvalue weighted by molar-refractivity contribution is 0.319. The van der Waals surface area contributed by atoms with Gasteiger partial charge in [-0.05, 0) is 12.1 Å². The van der Waals surface area contributed by atoms with E-state index in [1.807, 2.05) is 18.2 Å². The molecule has 1 aromatic carbocycles. The van der Waals surface area contributed by atoms with E-state index in [2.05, 4.69) is 9.69 Å². The second kappa shape index (κ2) is 7.14. The first kappa shape index (κ1) is 11.9. The predicted octanol–water partition coefficient (Wildman–Crippen LogP) is 2.28. The lowest BCUT2D eigenvalue weighted by Gasteiger charge is -2.06. The van der Waals surface area contributed by atoms with Gasteiger partial charge in [0.25, 0.3) is 0 Å². The minimum absolute atomic E-state index is 0.350. The lowest BCUT2D eigenvalue weighted by atomic mass is 10.3. The van der Waals surface area contributed by atoms with E-state index in [-0.39, 0.29) is 0 Å². The van der Waals surface area contributed by atoms with Gasteiger partial charge in [-0.15, -0.1) is 0 Å². The van der Waals surface area contributed by atoms with Crippen LogP contribution >= 0.6 is 0 Å². The van der Waals surface area contributed by atoms with Crippen LogP contribution < -0.4 is 9.47 Å². The highest BCUT2D eigenvalue weighted by atomic mass is 16.5. The van der Waals surface area contributed by atoms with Crippen LogP contribution in [0.1, 0.15) is 0 Å². The van der Waals surface area contributed by atoms with Crippen LogP contribution in [0.15, 0.2) is 24.3 Å².